The Balaban J connectivity index is 2.21. The van der Waals surface area contributed by atoms with Crippen molar-refractivity contribution in [2.24, 2.45) is 5.92 Å². The zero-order chi connectivity index (χ0) is 13.4. The van der Waals surface area contributed by atoms with Crippen molar-refractivity contribution in [2.45, 2.75) is 45.6 Å². The first-order valence-corrected chi connectivity index (χ1v) is 7.35. The summed E-state index contributed by atoms with van der Waals surface area (Å²) in [5, 5.41) is 6.34. The minimum Gasteiger partial charge on any atom is -0.352 e. The van der Waals surface area contributed by atoms with Gasteiger partial charge in [0.05, 0.1) is 6.54 Å². The summed E-state index contributed by atoms with van der Waals surface area (Å²) in [7, 11) is 2.01. The highest BCUT2D eigenvalue weighted by Gasteiger charge is 2.20. The molecule has 4 nitrogen and oxygen atoms in total. The minimum absolute atomic E-state index is 0.191. The van der Waals surface area contributed by atoms with Crippen LogP contribution < -0.4 is 10.6 Å². The van der Waals surface area contributed by atoms with Gasteiger partial charge >= 0.3 is 0 Å². The van der Waals surface area contributed by atoms with E-state index in [1.807, 2.05) is 7.05 Å². The molecule has 1 fully saturated rings. The fourth-order valence-electron chi connectivity index (χ4n) is 2.61. The third-order valence-corrected chi connectivity index (χ3v) is 3.92. The quantitative estimate of drug-likeness (QED) is 0.719. The second kappa shape index (κ2) is 8.48. The molecule has 18 heavy (non-hydrogen) atoms. The first kappa shape index (κ1) is 15.4. The van der Waals surface area contributed by atoms with Gasteiger partial charge in [0.1, 0.15) is 0 Å². The lowest BCUT2D eigenvalue weighted by molar-refractivity contribution is -0.123. The zero-order valence-electron chi connectivity index (χ0n) is 12.2. The maximum absolute atomic E-state index is 11.9. The minimum atomic E-state index is 0.191. The second-order valence-electron chi connectivity index (χ2n) is 5.36. The number of amides is 1. The highest BCUT2D eigenvalue weighted by atomic mass is 16.2. The van der Waals surface area contributed by atoms with Crippen molar-refractivity contribution in [1.29, 1.82) is 0 Å². The van der Waals surface area contributed by atoms with Crippen LogP contribution in [0.15, 0.2) is 0 Å². The van der Waals surface area contributed by atoms with Crippen molar-refractivity contribution in [3.63, 3.8) is 0 Å². The average molecular weight is 255 g/mol. The molecule has 4 heteroatoms. The summed E-state index contributed by atoms with van der Waals surface area (Å²) in [4.78, 5) is 14.2. The van der Waals surface area contributed by atoms with Crippen LogP contribution in [0, 0.1) is 5.92 Å². The zero-order valence-corrected chi connectivity index (χ0v) is 12.2. The third-order valence-electron chi connectivity index (χ3n) is 3.92. The molecule has 0 spiro atoms. The van der Waals surface area contributed by atoms with E-state index in [0.717, 1.165) is 38.4 Å². The molecule has 1 rings (SSSR count). The number of rotatable bonds is 7. The lowest BCUT2D eigenvalue weighted by Crippen LogP contribution is -2.45. The molecule has 0 aliphatic carbocycles. The molecule has 1 aliphatic rings. The van der Waals surface area contributed by atoms with Crippen molar-refractivity contribution in [3.05, 3.63) is 0 Å². The molecule has 0 bridgehead atoms. The van der Waals surface area contributed by atoms with Crippen molar-refractivity contribution in [3.8, 4) is 0 Å². The molecule has 106 valence electrons. The molecule has 1 heterocycles. The van der Waals surface area contributed by atoms with Crippen LogP contribution in [0.3, 0.4) is 0 Å². The van der Waals surface area contributed by atoms with Crippen LogP contribution in [-0.4, -0.2) is 50.1 Å². The van der Waals surface area contributed by atoms with Gasteiger partial charge in [-0.15, -0.1) is 0 Å². The number of carbonyl (C=O) groups is 1. The summed E-state index contributed by atoms with van der Waals surface area (Å²) in [6, 6.07) is 0.347. The van der Waals surface area contributed by atoms with E-state index < -0.39 is 0 Å². The molecular weight excluding hydrogens is 226 g/mol. The SMILES string of the molecule is CCC(CC)NC(=O)CN1CCC(CNC)CC1. The number of hydrogen-bond acceptors (Lipinski definition) is 3. The number of piperidine rings is 1. The van der Waals surface area contributed by atoms with Gasteiger partial charge in [-0.3, -0.25) is 9.69 Å². The van der Waals surface area contributed by atoms with Crippen LogP contribution in [0.1, 0.15) is 39.5 Å². The Morgan fingerprint density at radius 2 is 1.89 bits per heavy atom. The van der Waals surface area contributed by atoms with Gasteiger partial charge in [-0.2, -0.15) is 0 Å². The highest BCUT2D eigenvalue weighted by molar-refractivity contribution is 5.78. The van der Waals surface area contributed by atoms with E-state index in [0.29, 0.717) is 12.6 Å². The van der Waals surface area contributed by atoms with E-state index in [2.05, 4.69) is 29.4 Å². The van der Waals surface area contributed by atoms with Gasteiger partial charge in [0.2, 0.25) is 5.91 Å². The Morgan fingerprint density at radius 1 is 1.28 bits per heavy atom. The van der Waals surface area contributed by atoms with Gasteiger partial charge in [-0.05, 0) is 58.3 Å². The summed E-state index contributed by atoms with van der Waals surface area (Å²) >= 11 is 0. The number of likely N-dealkylation sites (tertiary alicyclic amines) is 1. The predicted molar refractivity (Wildman–Crippen MR) is 75.6 cm³/mol. The fourth-order valence-corrected chi connectivity index (χ4v) is 2.61. The fraction of sp³-hybridized carbons (Fsp3) is 0.929. The van der Waals surface area contributed by atoms with E-state index in [-0.39, 0.29) is 5.91 Å². The Labute approximate surface area is 111 Å². The summed E-state index contributed by atoms with van der Waals surface area (Å²) in [5.74, 6) is 0.976. The molecule has 1 saturated heterocycles. The molecule has 0 aromatic heterocycles. The molecule has 0 unspecified atom stereocenters. The molecule has 2 N–H and O–H groups in total. The Morgan fingerprint density at radius 3 is 2.39 bits per heavy atom. The summed E-state index contributed by atoms with van der Waals surface area (Å²) < 4.78 is 0. The molecule has 0 radical (unpaired) electrons. The lowest BCUT2D eigenvalue weighted by Gasteiger charge is -2.31. The number of nitrogens with one attached hydrogen (secondary N) is 2. The van der Waals surface area contributed by atoms with E-state index in [1.54, 1.807) is 0 Å². The van der Waals surface area contributed by atoms with Gasteiger partial charge in [-0.1, -0.05) is 13.8 Å². The molecule has 0 aromatic rings. The van der Waals surface area contributed by atoms with Crippen LogP contribution >= 0.6 is 0 Å². The number of hydrogen-bond donors (Lipinski definition) is 2. The van der Waals surface area contributed by atoms with Crippen LogP contribution in [0.2, 0.25) is 0 Å². The molecule has 0 aromatic carbocycles. The van der Waals surface area contributed by atoms with Gasteiger partial charge in [0.15, 0.2) is 0 Å². The average Bonchev–Trinajstić information content (AvgIpc) is 2.38. The topological polar surface area (TPSA) is 44.4 Å². The maximum Gasteiger partial charge on any atom is 0.234 e. The summed E-state index contributed by atoms with van der Waals surface area (Å²) in [6.45, 7) is 8.04. The van der Waals surface area contributed by atoms with Gasteiger partial charge in [-0.25, -0.2) is 0 Å². The largest absolute Gasteiger partial charge is 0.352 e. The maximum atomic E-state index is 11.9. The van der Waals surface area contributed by atoms with E-state index in [1.165, 1.54) is 12.8 Å². The van der Waals surface area contributed by atoms with E-state index >= 15 is 0 Å². The third kappa shape index (κ3) is 5.36. The molecule has 0 atom stereocenters. The smallest absolute Gasteiger partial charge is 0.234 e. The van der Waals surface area contributed by atoms with Crippen LogP contribution in [-0.2, 0) is 4.79 Å². The molecule has 1 amide bonds. The Kier molecular flexibility index (Phi) is 7.28. The number of carbonyl (C=O) groups excluding carboxylic acids is 1. The standard InChI is InChI=1S/C14H29N3O/c1-4-13(5-2)16-14(18)11-17-8-6-12(7-9-17)10-15-3/h12-13,15H,4-11H2,1-3H3,(H,16,18). The van der Waals surface area contributed by atoms with Gasteiger partial charge in [0.25, 0.3) is 0 Å². The second-order valence-corrected chi connectivity index (χ2v) is 5.36. The summed E-state index contributed by atoms with van der Waals surface area (Å²) in [5.41, 5.74) is 0. The Bertz CT molecular complexity index is 233. The monoisotopic (exact) mass is 255 g/mol. The Hall–Kier alpha value is -0.610. The highest BCUT2D eigenvalue weighted by Crippen LogP contribution is 2.15. The van der Waals surface area contributed by atoms with Gasteiger partial charge < -0.3 is 10.6 Å². The molecule has 0 saturated carbocycles. The molecular formula is C14H29N3O. The van der Waals surface area contributed by atoms with Crippen molar-refractivity contribution < 1.29 is 4.79 Å². The molecule has 1 aliphatic heterocycles. The van der Waals surface area contributed by atoms with Gasteiger partial charge in [0, 0.05) is 6.04 Å². The normalized spacial score (nSPS) is 18.2. The van der Waals surface area contributed by atoms with E-state index in [4.69, 9.17) is 0 Å². The van der Waals surface area contributed by atoms with Crippen molar-refractivity contribution in [1.82, 2.24) is 15.5 Å². The number of nitrogens with zero attached hydrogens (tertiary/aromatic N) is 1. The van der Waals surface area contributed by atoms with Crippen molar-refractivity contribution >= 4 is 5.91 Å². The van der Waals surface area contributed by atoms with Crippen LogP contribution in [0.4, 0.5) is 0 Å². The first-order chi connectivity index (χ1) is 8.69. The van der Waals surface area contributed by atoms with E-state index in [9.17, 15) is 4.79 Å². The van der Waals surface area contributed by atoms with Crippen LogP contribution in [0.25, 0.3) is 0 Å². The van der Waals surface area contributed by atoms with Crippen LogP contribution in [0.5, 0.6) is 0 Å². The lowest BCUT2D eigenvalue weighted by atomic mass is 9.97. The predicted octanol–water partition coefficient (Wildman–Crippen LogP) is 1.22. The first-order valence-electron chi connectivity index (χ1n) is 7.35. The summed E-state index contributed by atoms with van der Waals surface area (Å²) in [6.07, 6.45) is 4.46. The van der Waals surface area contributed by atoms with Crippen molar-refractivity contribution in [2.75, 3.05) is 33.2 Å².